The molecule has 2 fully saturated rings. The zero-order valence-electron chi connectivity index (χ0n) is 19.0. The summed E-state index contributed by atoms with van der Waals surface area (Å²) in [5.74, 6) is 1.35. The highest BCUT2D eigenvalue weighted by Gasteiger charge is 2.59. The van der Waals surface area contributed by atoms with Gasteiger partial charge in [0.15, 0.2) is 11.5 Å². The van der Waals surface area contributed by atoms with Crippen molar-refractivity contribution in [3.8, 4) is 11.1 Å². The number of carbonyl (C=O) groups is 1. The average Bonchev–Trinajstić information content (AvgIpc) is 3.70. The van der Waals surface area contributed by atoms with Crippen molar-refractivity contribution in [3.63, 3.8) is 0 Å². The number of rotatable bonds is 8. The van der Waals surface area contributed by atoms with E-state index in [2.05, 4.69) is 50.2 Å². The monoisotopic (exact) mass is 431 g/mol. The summed E-state index contributed by atoms with van der Waals surface area (Å²) >= 11 is 0. The van der Waals surface area contributed by atoms with E-state index < -0.39 is 5.54 Å². The van der Waals surface area contributed by atoms with E-state index in [1.165, 1.54) is 24.0 Å². The van der Waals surface area contributed by atoms with E-state index in [9.17, 15) is 9.90 Å². The predicted octanol–water partition coefficient (Wildman–Crippen LogP) is 4.40. The number of nitrogens with two attached hydrogens (primary N) is 1. The summed E-state index contributed by atoms with van der Waals surface area (Å²) in [5, 5.41) is 10.0. The molecule has 5 heteroatoms. The van der Waals surface area contributed by atoms with Crippen LogP contribution in [0.2, 0.25) is 0 Å². The molecule has 1 heterocycles. The van der Waals surface area contributed by atoms with E-state index in [0.29, 0.717) is 18.3 Å². The summed E-state index contributed by atoms with van der Waals surface area (Å²) in [5.41, 5.74) is 9.96. The summed E-state index contributed by atoms with van der Waals surface area (Å²) in [6.07, 6.45) is 5.16. The van der Waals surface area contributed by atoms with E-state index in [1.54, 1.807) is 4.90 Å². The maximum absolute atomic E-state index is 13.9. The Morgan fingerprint density at radius 3 is 2.41 bits per heavy atom. The second kappa shape index (κ2) is 8.04. The molecule has 3 N–H and O–H groups in total. The molecule has 2 aromatic rings. The van der Waals surface area contributed by atoms with Gasteiger partial charge in [-0.25, -0.2) is 4.99 Å². The molecule has 2 aliphatic carbocycles. The van der Waals surface area contributed by atoms with Gasteiger partial charge in [-0.15, -0.1) is 0 Å². The van der Waals surface area contributed by atoms with Gasteiger partial charge in [-0.3, -0.25) is 9.69 Å². The number of hydrogen-bond donors (Lipinski definition) is 2. The van der Waals surface area contributed by atoms with Crippen molar-refractivity contribution in [1.82, 2.24) is 4.90 Å². The third kappa shape index (κ3) is 3.62. The first-order valence-corrected chi connectivity index (χ1v) is 11.9. The number of aliphatic hydroxyl groups excluding tert-OH is 1. The van der Waals surface area contributed by atoms with Crippen molar-refractivity contribution in [2.24, 2.45) is 22.6 Å². The molecule has 0 spiro atoms. The lowest BCUT2D eigenvalue weighted by atomic mass is 9.83. The first-order chi connectivity index (χ1) is 15.4. The molecule has 3 aliphatic rings. The van der Waals surface area contributed by atoms with Gasteiger partial charge in [-0.05, 0) is 78.2 Å². The smallest absolute Gasteiger partial charge is 0.262 e. The standard InChI is InChI=1S/C27H33N3O2/c1-17(2)13-24(16-31)30-25(32)27(22-11-12-22,29-26(30)28)23-8-4-7-21(15-23)20-6-3-5-19(14-20)18-9-10-18/h3-8,14-15,17-18,22,24,31H,9-13,16H2,1-2H3,(H2,28,29)/t24-,27?/m1/s1. The second-order valence-electron chi connectivity index (χ2n) is 10.1. The van der Waals surface area contributed by atoms with Gasteiger partial charge >= 0.3 is 0 Å². The average molecular weight is 432 g/mol. The molecule has 2 aromatic carbocycles. The Balaban J connectivity index is 1.53. The van der Waals surface area contributed by atoms with Crippen LogP contribution in [-0.4, -0.2) is 34.5 Å². The fraction of sp³-hybridized carbons (Fsp3) is 0.481. The number of amides is 1. The van der Waals surface area contributed by atoms with Crippen LogP contribution in [0.4, 0.5) is 0 Å². The van der Waals surface area contributed by atoms with Crippen LogP contribution in [0, 0.1) is 11.8 Å². The Bertz CT molecular complexity index is 1050. The predicted molar refractivity (Wildman–Crippen MR) is 127 cm³/mol. The minimum absolute atomic E-state index is 0.0823. The summed E-state index contributed by atoms with van der Waals surface area (Å²) in [4.78, 5) is 20.3. The molecular formula is C27H33N3O2. The molecule has 0 saturated heterocycles. The maximum Gasteiger partial charge on any atom is 0.262 e. The summed E-state index contributed by atoms with van der Waals surface area (Å²) in [6, 6.07) is 16.7. The van der Waals surface area contributed by atoms with E-state index in [1.807, 2.05) is 12.1 Å². The minimum Gasteiger partial charge on any atom is -0.394 e. The maximum atomic E-state index is 13.9. The Morgan fingerprint density at radius 2 is 1.78 bits per heavy atom. The second-order valence-corrected chi connectivity index (χ2v) is 10.1. The molecule has 2 saturated carbocycles. The van der Waals surface area contributed by atoms with Crippen LogP contribution in [-0.2, 0) is 10.3 Å². The van der Waals surface area contributed by atoms with Crippen molar-refractivity contribution in [3.05, 3.63) is 59.7 Å². The number of hydrogen-bond acceptors (Lipinski definition) is 4. The SMILES string of the molecule is CC(C)C[C@H](CO)N1C(=O)C(c2cccc(-c3cccc(C4CC4)c3)c2)(C2CC2)N=C1N. The lowest BCUT2D eigenvalue weighted by molar-refractivity contribution is -0.134. The van der Waals surface area contributed by atoms with Crippen molar-refractivity contribution in [2.45, 2.75) is 63.5 Å². The quantitative estimate of drug-likeness (QED) is 0.650. The lowest BCUT2D eigenvalue weighted by Gasteiger charge is -2.31. The van der Waals surface area contributed by atoms with Crippen molar-refractivity contribution in [2.75, 3.05) is 6.61 Å². The highest BCUT2D eigenvalue weighted by Crippen LogP contribution is 2.52. The van der Waals surface area contributed by atoms with Gasteiger partial charge in [0.05, 0.1) is 12.6 Å². The minimum atomic E-state index is -0.974. The third-order valence-corrected chi connectivity index (χ3v) is 7.14. The lowest BCUT2D eigenvalue weighted by Crippen LogP contribution is -2.51. The van der Waals surface area contributed by atoms with Crippen molar-refractivity contribution in [1.29, 1.82) is 0 Å². The molecule has 1 amide bonds. The van der Waals surface area contributed by atoms with E-state index in [-0.39, 0.29) is 30.4 Å². The van der Waals surface area contributed by atoms with Gasteiger partial charge in [0.1, 0.15) is 0 Å². The fourth-order valence-electron chi connectivity index (χ4n) is 5.24. The van der Waals surface area contributed by atoms with Gasteiger partial charge < -0.3 is 10.8 Å². The summed E-state index contributed by atoms with van der Waals surface area (Å²) < 4.78 is 0. The third-order valence-electron chi connectivity index (χ3n) is 7.14. The molecule has 2 atom stereocenters. The van der Waals surface area contributed by atoms with E-state index in [0.717, 1.165) is 24.0 Å². The number of aliphatic hydroxyl groups is 1. The van der Waals surface area contributed by atoms with Crippen LogP contribution in [0.3, 0.4) is 0 Å². The number of nitrogens with zero attached hydrogens (tertiary/aromatic N) is 2. The Kier molecular flexibility index (Phi) is 5.32. The largest absolute Gasteiger partial charge is 0.394 e. The van der Waals surface area contributed by atoms with E-state index >= 15 is 0 Å². The van der Waals surface area contributed by atoms with Crippen LogP contribution in [0.5, 0.6) is 0 Å². The molecule has 1 unspecified atom stereocenters. The van der Waals surface area contributed by atoms with Crippen molar-refractivity contribution < 1.29 is 9.90 Å². The van der Waals surface area contributed by atoms with Crippen LogP contribution in [0.25, 0.3) is 11.1 Å². The molecule has 0 aromatic heterocycles. The van der Waals surface area contributed by atoms with Crippen LogP contribution in [0.1, 0.15) is 63.0 Å². The van der Waals surface area contributed by atoms with Gasteiger partial charge in [0.2, 0.25) is 0 Å². The number of aliphatic imine (C=N–C) groups is 1. The molecular weight excluding hydrogens is 398 g/mol. The first-order valence-electron chi connectivity index (χ1n) is 11.9. The molecule has 5 rings (SSSR count). The highest BCUT2D eigenvalue weighted by molar-refractivity contribution is 6.08. The molecule has 32 heavy (non-hydrogen) atoms. The zero-order valence-corrected chi connectivity index (χ0v) is 19.0. The highest BCUT2D eigenvalue weighted by atomic mass is 16.3. The molecule has 1 aliphatic heterocycles. The van der Waals surface area contributed by atoms with Crippen LogP contribution in [0.15, 0.2) is 53.5 Å². The number of guanidine groups is 1. The van der Waals surface area contributed by atoms with Gasteiger partial charge in [0, 0.05) is 0 Å². The first kappa shape index (κ1) is 21.2. The van der Waals surface area contributed by atoms with Gasteiger partial charge in [-0.2, -0.15) is 0 Å². The Labute approximate surface area is 190 Å². The van der Waals surface area contributed by atoms with Crippen molar-refractivity contribution >= 4 is 11.9 Å². The summed E-state index contributed by atoms with van der Waals surface area (Å²) in [7, 11) is 0. The normalized spacial score (nSPS) is 24.2. The fourth-order valence-corrected chi connectivity index (χ4v) is 5.24. The zero-order chi connectivity index (χ0) is 22.5. The Hall–Kier alpha value is -2.66. The topological polar surface area (TPSA) is 78.9 Å². The Morgan fingerprint density at radius 1 is 1.09 bits per heavy atom. The van der Waals surface area contributed by atoms with Gasteiger partial charge in [0.25, 0.3) is 5.91 Å². The number of benzene rings is 2. The van der Waals surface area contributed by atoms with Gasteiger partial charge in [-0.1, -0.05) is 56.3 Å². The van der Waals surface area contributed by atoms with Crippen LogP contribution < -0.4 is 5.73 Å². The summed E-state index contributed by atoms with van der Waals surface area (Å²) in [6.45, 7) is 4.06. The molecule has 5 nitrogen and oxygen atoms in total. The molecule has 0 bridgehead atoms. The molecule has 0 radical (unpaired) electrons. The van der Waals surface area contributed by atoms with Crippen LogP contribution >= 0.6 is 0 Å². The van der Waals surface area contributed by atoms with E-state index in [4.69, 9.17) is 10.7 Å². The number of carbonyl (C=O) groups excluding carboxylic acids is 1. The molecule has 168 valence electrons.